The Hall–Kier alpha value is -1.43. The van der Waals surface area contributed by atoms with Gasteiger partial charge in [0.25, 0.3) is 0 Å². The summed E-state index contributed by atoms with van der Waals surface area (Å²) in [4.78, 5) is 11.6. The topological polar surface area (TPSA) is 70.8 Å². The first kappa shape index (κ1) is 16.6. The number of hydrogen-bond donors (Lipinski definition) is 1. The Bertz CT molecular complexity index is 369. The maximum atomic E-state index is 11.6. The average Bonchev–Trinajstić information content (AvgIpc) is 2.47. The molecule has 0 heterocycles. The van der Waals surface area contributed by atoms with E-state index >= 15 is 0 Å². The van der Waals surface area contributed by atoms with Crippen LogP contribution in [-0.2, 0) is 19.0 Å². The van der Waals surface area contributed by atoms with E-state index in [9.17, 15) is 4.79 Å². The summed E-state index contributed by atoms with van der Waals surface area (Å²) in [6.07, 6.45) is 1.01. The van der Waals surface area contributed by atoms with Crippen LogP contribution >= 0.6 is 0 Å². The second-order valence-corrected chi connectivity index (χ2v) is 4.40. The minimum atomic E-state index is -0.327. The molecule has 1 rings (SSSR count). The molecule has 1 unspecified atom stereocenters. The Labute approximate surface area is 120 Å². The number of carbonyl (C=O) groups excluding carboxylic acids is 1. The molecule has 0 saturated carbocycles. The van der Waals surface area contributed by atoms with Crippen LogP contribution in [-0.4, -0.2) is 39.5 Å². The maximum absolute atomic E-state index is 11.6. The summed E-state index contributed by atoms with van der Waals surface area (Å²) in [6, 6.07) is 9.18. The van der Waals surface area contributed by atoms with Crippen molar-refractivity contribution in [1.82, 2.24) is 0 Å². The molecule has 1 aromatic rings. The molecule has 0 aromatic heterocycles. The van der Waals surface area contributed by atoms with Gasteiger partial charge in [-0.1, -0.05) is 30.3 Å². The van der Waals surface area contributed by atoms with E-state index in [0.717, 1.165) is 12.0 Å². The lowest BCUT2D eigenvalue weighted by Crippen LogP contribution is -2.18. The van der Waals surface area contributed by atoms with Crippen LogP contribution < -0.4 is 5.73 Å². The highest BCUT2D eigenvalue weighted by Crippen LogP contribution is 2.13. The third-order valence-corrected chi connectivity index (χ3v) is 2.74. The van der Waals surface area contributed by atoms with Crippen LogP contribution in [0.3, 0.4) is 0 Å². The van der Waals surface area contributed by atoms with Gasteiger partial charge in [0.1, 0.15) is 6.61 Å². The molecule has 0 amide bonds. The van der Waals surface area contributed by atoms with Gasteiger partial charge >= 0.3 is 5.97 Å². The maximum Gasteiger partial charge on any atom is 0.307 e. The summed E-state index contributed by atoms with van der Waals surface area (Å²) in [5, 5.41) is 0. The van der Waals surface area contributed by atoms with Crippen LogP contribution in [0.5, 0.6) is 0 Å². The van der Waals surface area contributed by atoms with E-state index in [0.29, 0.717) is 19.8 Å². The van der Waals surface area contributed by atoms with Gasteiger partial charge in [0.15, 0.2) is 0 Å². The van der Waals surface area contributed by atoms with Gasteiger partial charge in [-0.2, -0.15) is 0 Å². The number of rotatable bonds is 10. The highest BCUT2D eigenvalue weighted by Gasteiger charge is 2.12. The lowest BCUT2D eigenvalue weighted by Gasteiger charge is -2.11. The lowest BCUT2D eigenvalue weighted by atomic mass is 10.1. The molecule has 1 aromatic carbocycles. The second kappa shape index (κ2) is 10.4. The van der Waals surface area contributed by atoms with Gasteiger partial charge in [-0.3, -0.25) is 4.79 Å². The van der Waals surface area contributed by atoms with Crippen molar-refractivity contribution in [3.63, 3.8) is 0 Å². The van der Waals surface area contributed by atoms with E-state index in [-0.39, 0.29) is 25.0 Å². The smallest absolute Gasteiger partial charge is 0.307 e. The first-order chi connectivity index (χ1) is 9.74. The van der Waals surface area contributed by atoms with Crippen molar-refractivity contribution < 1.29 is 19.0 Å². The standard InChI is InChI=1S/C15H23NO4/c1-18-8-5-9-19-10-11-20-15(17)12-14(16)13-6-3-2-4-7-13/h2-4,6-7,14H,5,8-12,16H2,1H3. The van der Waals surface area contributed by atoms with Crippen LogP contribution in [0.25, 0.3) is 0 Å². The van der Waals surface area contributed by atoms with Crippen molar-refractivity contribution in [2.75, 3.05) is 33.5 Å². The van der Waals surface area contributed by atoms with Crippen molar-refractivity contribution in [1.29, 1.82) is 0 Å². The van der Waals surface area contributed by atoms with Crippen LogP contribution in [0, 0.1) is 0 Å². The summed E-state index contributed by atoms with van der Waals surface area (Å²) in [6.45, 7) is 1.93. The fraction of sp³-hybridized carbons (Fsp3) is 0.533. The highest BCUT2D eigenvalue weighted by molar-refractivity contribution is 5.70. The Morgan fingerprint density at radius 2 is 1.90 bits per heavy atom. The minimum absolute atomic E-state index is 0.174. The molecule has 0 bridgehead atoms. The van der Waals surface area contributed by atoms with Gasteiger partial charge in [0, 0.05) is 26.4 Å². The molecule has 1 atom stereocenters. The summed E-state index contributed by atoms with van der Waals surface area (Å²) in [7, 11) is 1.65. The van der Waals surface area contributed by atoms with Crippen LogP contribution in [0.1, 0.15) is 24.4 Å². The van der Waals surface area contributed by atoms with Crippen LogP contribution in [0.4, 0.5) is 0 Å². The molecule has 5 heteroatoms. The monoisotopic (exact) mass is 281 g/mol. The van der Waals surface area contributed by atoms with Crippen molar-refractivity contribution >= 4 is 5.97 Å². The molecule has 0 aliphatic rings. The Kier molecular flexibility index (Phi) is 8.62. The molecule has 5 nitrogen and oxygen atoms in total. The molecule has 112 valence electrons. The van der Waals surface area contributed by atoms with Crippen molar-refractivity contribution in [2.45, 2.75) is 18.9 Å². The fourth-order valence-electron chi connectivity index (χ4n) is 1.68. The Balaban J connectivity index is 2.08. The number of carbonyl (C=O) groups is 1. The highest BCUT2D eigenvalue weighted by atomic mass is 16.6. The molecule has 20 heavy (non-hydrogen) atoms. The van der Waals surface area contributed by atoms with E-state index in [1.807, 2.05) is 30.3 Å². The molecular formula is C15H23NO4. The van der Waals surface area contributed by atoms with Crippen molar-refractivity contribution in [3.8, 4) is 0 Å². The number of methoxy groups -OCH3 is 1. The number of benzene rings is 1. The van der Waals surface area contributed by atoms with Gasteiger partial charge in [-0.25, -0.2) is 0 Å². The Morgan fingerprint density at radius 3 is 2.60 bits per heavy atom. The molecular weight excluding hydrogens is 258 g/mol. The SMILES string of the molecule is COCCCOCCOC(=O)CC(N)c1ccccc1. The van der Waals surface area contributed by atoms with Gasteiger partial charge in [0.2, 0.25) is 0 Å². The second-order valence-electron chi connectivity index (χ2n) is 4.40. The third kappa shape index (κ3) is 7.23. The summed E-state index contributed by atoms with van der Waals surface area (Å²) in [5.74, 6) is -0.304. The average molecular weight is 281 g/mol. The summed E-state index contributed by atoms with van der Waals surface area (Å²) >= 11 is 0. The molecule has 0 spiro atoms. The zero-order chi connectivity index (χ0) is 14.6. The lowest BCUT2D eigenvalue weighted by molar-refractivity contribution is -0.145. The van der Waals surface area contributed by atoms with Crippen LogP contribution in [0.15, 0.2) is 30.3 Å². The molecule has 0 radical (unpaired) electrons. The molecule has 0 saturated heterocycles. The van der Waals surface area contributed by atoms with Gasteiger partial charge in [-0.15, -0.1) is 0 Å². The predicted octanol–water partition coefficient (Wildman–Crippen LogP) is 1.67. The number of esters is 1. The van der Waals surface area contributed by atoms with Gasteiger partial charge in [0.05, 0.1) is 13.0 Å². The third-order valence-electron chi connectivity index (χ3n) is 2.74. The normalized spacial score (nSPS) is 12.1. The zero-order valence-electron chi connectivity index (χ0n) is 11.9. The number of hydrogen-bond acceptors (Lipinski definition) is 5. The van der Waals surface area contributed by atoms with Gasteiger partial charge < -0.3 is 19.9 Å². The van der Waals surface area contributed by atoms with E-state index in [2.05, 4.69) is 0 Å². The van der Waals surface area contributed by atoms with Gasteiger partial charge in [-0.05, 0) is 12.0 Å². The summed E-state index contributed by atoms with van der Waals surface area (Å²) in [5.41, 5.74) is 6.87. The van der Waals surface area contributed by atoms with E-state index in [1.54, 1.807) is 7.11 Å². The fourth-order valence-corrected chi connectivity index (χ4v) is 1.68. The largest absolute Gasteiger partial charge is 0.463 e. The van der Waals surface area contributed by atoms with E-state index in [4.69, 9.17) is 19.9 Å². The molecule has 2 N–H and O–H groups in total. The quantitative estimate of drug-likeness (QED) is 0.522. The Morgan fingerprint density at radius 1 is 1.15 bits per heavy atom. The number of ether oxygens (including phenoxy) is 3. The first-order valence-electron chi connectivity index (χ1n) is 6.77. The summed E-state index contributed by atoms with van der Waals surface area (Å²) < 4.78 is 15.2. The first-order valence-corrected chi connectivity index (χ1v) is 6.77. The van der Waals surface area contributed by atoms with Crippen LogP contribution in [0.2, 0.25) is 0 Å². The van der Waals surface area contributed by atoms with E-state index < -0.39 is 0 Å². The zero-order valence-corrected chi connectivity index (χ0v) is 11.9. The molecule has 0 aliphatic heterocycles. The predicted molar refractivity (Wildman–Crippen MR) is 76.3 cm³/mol. The minimum Gasteiger partial charge on any atom is -0.463 e. The number of nitrogens with two attached hydrogens (primary N) is 1. The van der Waals surface area contributed by atoms with E-state index in [1.165, 1.54) is 0 Å². The van der Waals surface area contributed by atoms with Crippen molar-refractivity contribution in [3.05, 3.63) is 35.9 Å². The molecule has 0 fully saturated rings. The van der Waals surface area contributed by atoms with Crippen molar-refractivity contribution in [2.24, 2.45) is 5.73 Å². The molecule has 0 aliphatic carbocycles.